The number of rotatable bonds is 5. The Balaban J connectivity index is 1.37. The molecule has 31 heavy (non-hydrogen) atoms. The van der Waals surface area contributed by atoms with Gasteiger partial charge in [0.1, 0.15) is 5.82 Å². The number of carbonyl (C=O) groups excluding carboxylic acids is 2. The van der Waals surface area contributed by atoms with Gasteiger partial charge in [-0.3, -0.25) is 13.9 Å². The Morgan fingerprint density at radius 3 is 2.55 bits per heavy atom. The van der Waals surface area contributed by atoms with Crippen LogP contribution in [0.3, 0.4) is 0 Å². The third-order valence-electron chi connectivity index (χ3n) is 5.68. The maximum Gasteiger partial charge on any atom is 0.235 e. The lowest BCUT2D eigenvalue weighted by atomic mass is 10.1. The Morgan fingerprint density at radius 2 is 1.84 bits per heavy atom. The Morgan fingerprint density at radius 1 is 1.10 bits per heavy atom. The standard InChI is InChI=1S/C22H24FN3O4S/c23-20-6-2-1-5-16(20)14-25-15-17(13-21(25)27)22(28)24-18-7-9-19(10-8-18)26-11-3-4-12-31(26,29)30/h1-2,5-10,17H,3-4,11-15H2,(H,24,28). The number of nitrogens with one attached hydrogen (secondary N) is 1. The smallest absolute Gasteiger partial charge is 0.235 e. The summed E-state index contributed by atoms with van der Waals surface area (Å²) in [6, 6.07) is 12.9. The van der Waals surface area contributed by atoms with E-state index in [4.69, 9.17) is 0 Å². The van der Waals surface area contributed by atoms with Gasteiger partial charge < -0.3 is 10.2 Å². The van der Waals surface area contributed by atoms with Crippen LogP contribution >= 0.6 is 0 Å². The number of amides is 2. The Bertz CT molecular complexity index is 1090. The fourth-order valence-corrected chi connectivity index (χ4v) is 5.61. The van der Waals surface area contributed by atoms with Crippen LogP contribution in [0, 0.1) is 11.7 Å². The van der Waals surface area contributed by atoms with Gasteiger partial charge in [0.15, 0.2) is 0 Å². The molecule has 164 valence electrons. The largest absolute Gasteiger partial charge is 0.337 e. The predicted molar refractivity (Wildman–Crippen MR) is 115 cm³/mol. The zero-order valence-corrected chi connectivity index (χ0v) is 17.8. The highest BCUT2D eigenvalue weighted by Gasteiger charge is 2.34. The van der Waals surface area contributed by atoms with E-state index in [0.29, 0.717) is 29.9 Å². The van der Waals surface area contributed by atoms with Crippen molar-refractivity contribution in [3.63, 3.8) is 0 Å². The van der Waals surface area contributed by atoms with E-state index in [1.54, 1.807) is 42.5 Å². The van der Waals surface area contributed by atoms with Crippen molar-refractivity contribution in [1.82, 2.24) is 4.90 Å². The third kappa shape index (κ3) is 4.71. The molecule has 0 bridgehead atoms. The van der Waals surface area contributed by atoms with Crippen molar-refractivity contribution in [3.05, 3.63) is 59.9 Å². The monoisotopic (exact) mass is 445 g/mol. The number of hydrogen-bond acceptors (Lipinski definition) is 4. The summed E-state index contributed by atoms with van der Waals surface area (Å²) in [5.41, 5.74) is 1.52. The number of nitrogens with zero attached hydrogens (tertiary/aromatic N) is 2. The van der Waals surface area contributed by atoms with E-state index in [1.807, 2.05) is 0 Å². The summed E-state index contributed by atoms with van der Waals surface area (Å²) in [5.74, 6) is -1.23. The molecule has 2 heterocycles. The first kappa shape index (κ1) is 21.3. The Kier molecular flexibility index (Phi) is 5.95. The topological polar surface area (TPSA) is 86.8 Å². The second kappa shape index (κ2) is 8.66. The van der Waals surface area contributed by atoms with Gasteiger partial charge in [0.2, 0.25) is 21.8 Å². The lowest BCUT2D eigenvalue weighted by Crippen LogP contribution is -2.37. The highest BCUT2D eigenvalue weighted by Crippen LogP contribution is 2.26. The molecule has 7 nitrogen and oxygen atoms in total. The molecule has 0 spiro atoms. The van der Waals surface area contributed by atoms with E-state index in [0.717, 1.165) is 6.42 Å². The normalized spacial score (nSPS) is 20.7. The highest BCUT2D eigenvalue weighted by molar-refractivity contribution is 7.92. The van der Waals surface area contributed by atoms with Crippen LogP contribution in [-0.4, -0.2) is 44.0 Å². The van der Waals surface area contributed by atoms with Gasteiger partial charge >= 0.3 is 0 Å². The van der Waals surface area contributed by atoms with Crippen LogP contribution in [0.4, 0.5) is 15.8 Å². The molecule has 0 aromatic heterocycles. The Hall–Kier alpha value is -2.94. The van der Waals surface area contributed by atoms with Gasteiger partial charge in [-0.15, -0.1) is 0 Å². The van der Waals surface area contributed by atoms with Crippen LogP contribution in [-0.2, 0) is 26.2 Å². The molecule has 1 atom stereocenters. The van der Waals surface area contributed by atoms with Gasteiger partial charge in [0, 0.05) is 37.3 Å². The van der Waals surface area contributed by atoms with E-state index in [-0.39, 0.29) is 42.9 Å². The molecule has 2 fully saturated rings. The van der Waals surface area contributed by atoms with Gasteiger partial charge in [-0.25, -0.2) is 12.8 Å². The first-order chi connectivity index (χ1) is 14.8. The molecule has 0 radical (unpaired) electrons. The molecule has 1 unspecified atom stereocenters. The zero-order valence-electron chi connectivity index (χ0n) is 17.0. The summed E-state index contributed by atoms with van der Waals surface area (Å²) in [4.78, 5) is 26.4. The summed E-state index contributed by atoms with van der Waals surface area (Å²) in [7, 11) is -3.29. The molecule has 9 heteroatoms. The van der Waals surface area contributed by atoms with Crippen molar-refractivity contribution in [2.45, 2.75) is 25.8 Å². The SMILES string of the molecule is O=C(Nc1ccc(N2CCCCS2(=O)=O)cc1)C1CC(=O)N(Cc2ccccc2F)C1. The maximum atomic E-state index is 13.9. The van der Waals surface area contributed by atoms with Crippen LogP contribution in [0.5, 0.6) is 0 Å². The third-order valence-corrected chi connectivity index (χ3v) is 7.55. The molecular weight excluding hydrogens is 421 g/mol. The van der Waals surface area contributed by atoms with E-state index >= 15 is 0 Å². The summed E-state index contributed by atoms with van der Waals surface area (Å²) >= 11 is 0. The minimum Gasteiger partial charge on any atom is -0.337 e. The van der Waals surface area contributed by atoms with E-state index in [9.17, 15) is 22.4 Å². The fourth-order valence-electron chi connectivity index (χ4n) is 3.97. The minimum absolute atomic E-state index is 0.0738. The van der Waals surface area contributed by atoms with Crippen molar-refractivity contribution in [3.8, 4) is 0 Å². The number of halogens is 1. The molecule has 4 rings (SSSR count). The second-order valence-corrected chi connectivity index (χ2v) is 9.91. The summed E-state index contributed by atoms with van der Waals surface area (Å²) in [6.45, 7) is 0.813. The van der Waals surface area contributed by atoms with Crippen molar-refractivity contribution >= 4 is 33.2 Å². The molecule has 0 aliphatic carbocycles. The second-order valence-electron chi connectivity index (χ2n) is 7.90. The summed E-state index contributed by atoms with van der Waals surface area (Å²) in [6.07, 6.45) is 1.56. The molecular formula is C22H24FN3O4S. The minimum atomic E-state index is -3.29. The fraction of sp³-hybridized carbons (Fsp3) is 0.364. The molecule has 2 saturated heterocycles. The molecule has 2 aromatic rings. The van der Waals surface area contributed by atoms with Crippen molar-refractivity contribution in [2.24, 2.45) is 5.92 Å². The predicted octanol–water partition coefficient (Wildman–Crippen LogP) is 2.74. The molecule has 2 aromatic carbocycles. The molecule has 2 aliphatic heterocycles. The van der Waals surface area contributed by atoms with Crippen LogP contribution < -0.4 is 9.62 Å². The zero-order chi connectivity index (χ0) is 22.0. The molecule has 0 saturated carbocycles. The van der Waals surface area contributed by atoms with Gasteiger partial charge in [-0.1, -0.05) is 18.2 Å². The highest BCUT2D eigenvalue weighted by atomic mass is 32.2. The maximum absolute atomic E-state index is 13.9. The van der Waals surface area contributed by atoms with Gasteiger partial charge in [0.25, 0.3) is 0 Å². The van der Waals surface area contributed by atoms with Crippen LogP contribution in [0.15, 0.2) is 48.5 Å². The number of anilines is 2. The summed E-state index contributed by atoms with van der Waals surface area (Å²) < 4.78 is 39.7. The number of hydrogen-bond donors (Lipinski definition) is 1. The average Bonchev–Trinajstić information content (AvgIpc) is 3.11. The first-order valence-corrected chi connectivity index (χ1v) is 11.9. The summed E-state index contributed by atoms with van der Waals surface area (Å²) in [5, 5.41) is 2.79. The lowest BCUT2D eigenvalue weighted by molar-refractivity contribution is -0.128. The first-order valence-electron chi connectivity index (χ1n) is 10.3. The van der Waals surface area contributed by atoms with E-state index < -0.39 is 15.9 Å². The van der Waals surface area contributed by atoms with Crippen molar-refractivity contribution < 1.29 is 22.4 Å². The van der Waals surface area contributed by atoms with Crippen molar-refractivity contribution in [1.29, 1.82) is 0 Å². The van der Waals surface area contributed by atoms with Crippen LogP contribution in [0.25, 0.3) is 0 Å². The van der Waals surface area contributed by atoms with Gasteiger partial charge in [-0.05, 0) is 43.2 Å². The molecule has 2 aliphatic rings. The number of likely N-dealkylation sites (tertiary alicyclic amines) is 1. The van der Waals surface area contributed by atoms with Crippen molar-refractivity contribution in [2.75, 3.05) is 28.5 Å². The van der Waals surface area contributed by atoms with Gasteiger partial charge in [0.05, 0.1) is 17.4 Å². The van der Waals surface area contributed by atoms with E-state index in [1.165, 1.54) is 15.3 Å². The van der Waals surface area contributed by atoms with E-state index in [2.05, 4.69) is 5.32 Å². The van der Waals surface area contributed by atoms with Crippen LogP contribution in [0.2, 0.25) is 0 Å². The lowest BCUT2D eigenvalue weighted by Gasteiger charge is -2.28. The molecule has 1 N–H and O–H groups in total. The quantitative estimate of drug-likeness (QED) is 0.767. The number of sulfonamides is 1. The number of carbonyl (C=O) groups is 2. The van der Waals surface area contributed by atoms with Gasteiger partial charge in [-0.2, -0.15) is 0 Å². The average molecular weight is 446 g/mol. The number of benzene rings is 2. The van der Waals surface area contributed by atoms with Crippen LogP contribution in [0.1, 0.15) is 24.8 Å². The Labute approximate surface area is 180 Å². The molecule has 2 amide bonds.